The van der Waals surface area contributed by atoms with Crippen molar-refractivity contribution < 1.29 is 25.2 Å². The lowest BCUT2D eigenvalue weighted by atomic mass is 10.1. The maximum absolute atomic E-state index is 13.4. The van der Waals surface area contributed by atoms with Gasteiger partial charge < -0.3 is 19.2 Å². The molecule has 1 aliphatic rings. The van der Waals surface area contributed by atoms with E-state index in [1.54, 1.807) is 23.3 Å². The highest BCUT2D eigenvalue weighted by Crippen LogP contribution is 2.32. The Labute approximate surface area is 194 Å². The second kappa shape index (κ2) is 10.6. The number of amides is 1. The average molecular weight is 445 g/mol. The van der Waals surface area contributed by atoms with Crippen molar-refractivity contribution in [2.75, 3.05) is 6.61 Å². The zero-order valence-corrected chi connectivity index (χ0v) is 18.1. The van der Waals surface area contributed by atoms with Crippen molar-refractivity contribution in [3.8, 4) is 28.9 Å². The normalized spacial score (nSPS) is 13.9. The Morgan fingerprint density at radius 1 is 1.09 bits per heavy atom. The summed E-state index contributed by atoms with van der Waals surface area (Å²) >= 11 is 0. The van der Waals surface area contributed by atoms with Crippen molar-refractivity contribution in [2.24, 2.45) is 0 Å². The molecule has 0 spiro atoms. The van der Waals surface area contributed by atoms with Crippen molar-refractivity contribution in [1.82, 2.24) is 4.90 Å². The molecule has 1 aliphatic carbocycles. The maximum atomic E-state index is 13.4. The van der Waals surface area contributed by atoms with Crippen molar-refractivity contribution in [2.45, 2.75) is 38.2 Å². The van der Waals surface area contributed by atoms with Crippen molar-refractivity contribution in [3.63, 3.8) is 0 Å². The molecule has 1 aromatic heterocycles. The summed E-state index contributed by atoms with van der Waals surface area (Å²) in [5.74, 6) is 5.55. The highest BCUT2D eigenvalue weighted by Gasteiger charge is 2.33. The summed E-state index contributed by atoms with van der Waals surface area (Å²) in [4.78, 5) is 25.5. The Balaban J connectivity index is 1.46. The number of hydrogen-bond acceptors (Lipinski definition) is 4. The molecule has 0 saturated heterocycles. The van der Waals surface area contributed by atoms with Crippen LogP contribution in [0.2, 0.25) is 0 Å². The number of carboxylic acid groups (broad SMARTS) is 1. The third-order valence-electron chi connectivity index (χ3n) is 5.19. The van der Waals surface area contributed by atoms with Gasteiger partial charge in [0.2, 0.25) is 0 Å². The number of carboxylic acids is 1. The molecule has 2 aromatic carbocycles. The molecule has 0 unspecified atom stereocenters. The molecule has 1 N–H and O–H groups in total. The van der Waals surface area contributed by atoms with Gasteiger partial charge >= 0.3 is 5.97 Å². The minimum Gasteiger partial charge on any atom is -0.492 e. The molecule has 0 aliphatic heterocycles. The fourth-order valence-corrected chi connectivity index (χ4v) is 3.41. The van der Waals surface area contributed by atoms with Gasteiger partial charge in [-0.2, -0.15) is 0 Å². The molecule has 1 saturated carbocycles. The van der Waals surface area contributed by atoms with E-state index < -0.39 is 12.0 Å². The standard InChI is InChI=1S/C27H25NO5/c29-26(30)10-2-1-5-17-32-25-8-4-3-7-22(25)19-28(23-15-16-23)27(31)21-13-11-20(12-14-21)24-9-6-18-33-24/h3-4,6-9,11-14,18,23H,5,10,15-17,19H2,(H,29,30)/i23D. The molecule has 3 aromatic rings. The predicted octanol–water partition coefficient (Wildman–Crippen LogP) is 5.00. The lowest BCUT2D eigenvalue weighted by Gasteiger charge is -2.24. The van der Waals surface area contributed by atoms with Gasteiger partial charge in [0.05, 0.1) is 14.2 Å². The summed E-state index contributed by atoms with van der Waals surface area (Å²) in [6.07, 6.45) is 3.07. The SMILES string of the molecule is [2H]C1(N(Cc2ccccc2OCCC#CCC(=O)O)C(=O)c2ccc(-c3ccco3)cc2)CC1. The summed E-state index contributed by atoms with van der Waals surface area (Å²) in [7, 11) is 0. The van der Waals surface area contributed by atoms with E-state index in [0.717, 1.165) is 16.9 Å². The number of hydrogen-bond donors (Lipinski definition) is 1. The van der Waals surface area contributed by atoms with Gasteiger partial charge in [-0.25, -0.2) is 0 Å². The summed E-state index contributed by atoms with van der Waals surface area (Å²) < 4.78 is 20.0. The van der Waals surface area contributed by atoms with Gasteiger partial charge in [-0.05, 0) is 43.2 Å². The third-order valence-corrected chi connectivity index (χ3v) is 5.19. The molecule has 4 rings (SSSR count). The fourth-order valence-electron chi connectivity index (χ4n) is 3.41. The molecule has 33 heavy (non-hydrogen) atoms. The first kappa shape index (κ1) is 20.9. The van der Waals surface area contributed by atoms with Gasteiger partial charge in [0, 0.05) is 35.7 Å². The van der Waals surface area contributed by atoms with E-state index in [0.29, 0.717) is 37.2 Å². The van der Waals surface area contributed by atoms with Crippen LogP contribution in [-0.4, -0.2) is 34.5 Å². The smallest absolute Gasteiger partial charge is 0.315 e. The predicted molar refractivity (Wildman–Crippen MR) is 124 cm³/mol. The van der Waals surface area contributed by atoms with Crippen LogP contribution in [0.15, 0.2) is 71.3 Å². The van der Waals surface area contributed by atoms with E-state index in [9.17, 15) is 9.59 Å². The molecule has 1 heterocycles. The Hall–Kier alpha value is -3.98. The zero-order valence-electron chi connectivity index (χ0n) is 19.1. The monoisotopic (exact) mass is 444 g/mol. The topological polar surface area (TPSA) is 80.0 Å². The lowest BCUT2D eigenvalue weighted by Crippen LogP contribution is -2.32. The maximum Gasteiger partial charge on any atom is 0.315 e. The Morgan fingerprint density at radius 2 is 1.88 bits per heavy atom. The minimum atomic E-state index is -0.955. The number of carbonyl (C=O) groups is 2. The quantitative estimate of drug-likeness (QED) is 0.371. The molecular weight excluding hydrogens is 418 g/mol. The van der Waals surface area contributed by atoms with E-state index in [1.807, 2.05) is 48.5 Å². The second-order valence-electron chi connectivity index (χ2n) is 7.64. The molecule has 6 nitrogen and oxygen atoms in total. The first-order valence-corrected chi connectivity index (χ1v) is 10.8. The van der Waals surface area contributed by atoms with Crippen LogP contribution in [0.1, 0.15) is 43.0 Å². The highest BCUT2D eigenvalue weighted by molar-refractivity contribution is 5.95. The first-order valence-electron chi connectivity index (χ1n) is 11.3. The van der Waals surface area contributed by atoms with E-state index in [1.165, 1.54) is 0 Å². The number of furan rings is 1. The number of rotatable bonds is 9. The van der Waals surface area contributed by atoms with Gasteiger partial charge in [0.15, 0.2) is 0 Å². The Kier molecular flexibility index (Phi) is 6.69. The average Bonchev–Trinajstić information content (AvgIpc) is 3.35. The van der Waals surface area contributed by atoms with Crippen LogP contribution in [0.3, 0.4) is 0 Å². The van der Waals surface area contributed by atoms with Gasteiger partial charge in [-0.15, -0.1) is 0 Å². The van der Waals surface area contributed by atoms with Gasteiger partial charge in [0.1, 0.15) is 17.9 Å². The summed E-state index contributed by atoms with van der Waals surface area (Å²) in [6, 6.07) is 17.4. The van der Waals surface area contributed by atoms with E-state index in [-0.39, 0.29) is 18.9 Å². The summed E-state index contributed by atoms with van der Waals surface area (Å²) in [5, 5.41) is 8.64. The molecular formula is C27H25NO5. The highest BCUT2D eigenvalue weighted by atomic mass is 16.5. The van der Waals surface area contributed by atoms with Crippen molar-refractivity contribution in [3.05, 3.63) is 78.1 Å². The molecule has 0 bridgehead atoms. The van der Waals surface area contributed by atoms with Gasteiger partial charge in [-0.1, -0.05) is 42.2 Å². The minimum absolute atomic E-state index is 0.193. The third kappa shape index (κ3) is 6.05. The molecule has 1 fully saturated rings. The molecule has 0 atom stereocenters. The summed E-state index contributed by atoms with van der Waals surface area (Å²) in [6.45, 7) is 0.557. The molecule has 0 radical (unpaired) electrons. The number of ether oxygens (including phenoxy) is 1. The second-order valence-corrected chi connectivity index (χ2v) is 7.64. The van der Waals surface area contributed by atoms with Gasteiger partial charge in [-0.3, -0.25) is 9.59 Å². The van der Waals surface area contributed by atoms with E-state index in [4.69, 9.17) is 15.6 Å². The largest absolute Gasteiger partial charge is 0.492 e. The Morgan fingerprint density at radius 3 is 2.58 bits per heavy atom. The lowest BCUT2D eigenvalue weighted by molar-refractivity contribution is -0.135. The van der Waals surface area contributed by atoms with Crippen molar-refractivity contribution >= 4 is 11.9 Å². The first-order chi connectivity index (χ1) is 16.5. The number of nitrogens with zero attached hydrogens (tertiary/aromatic N) is 1. The van der Waals surface area contributed by atoms with Crippen LogP contribution in [0, 0.1) is 11.8 Å². The summed E-state index contributed by atoms with van der Waals surface area (Å²) in [5.41, 5.74) is 2.20. The van der Waals surface area contributed by atoms with Crippen LogP contribution in [-0.2, 0) is 11.3 Å². The number of carbonyl (C=O) groups excluding carboxylic acids is 1. The fraction of sp³-hybridized carbons (Fsp3) is 0.259. The molecule has 168 valence electrons. The molecule has 1 amide bonds. The van der Waals surface area contributed by atoms with Crippen LogP contribution >= 0.6 is 0 Å². The van der Waals surface area contributed by atoms with Crippen molar-refractivity contribution in [1.29, 1.82) is 0 Å². The van der Waals surface area contributed by atoms with E-state index in [2.05, 4.69) is 11.8 Å². The Bertz CT molecular complexity index is 1200. The van der Waals surface area contributed by atoms with Gasteiger partial charge in [0.25, 0.3) is 5.91 Å². The van der Waals surface area contributed by atoms with E-state index >= 15 is 0 Å². The number of benzene rings is 2. The zero-order chi connectivity index (χ0) is 24.0. The molecule has 6 heteroatoms. The van der Waals surface area contributed by atoms with Crippen LogP contribution in [0.25, 0.3) is 11.3 Å². The van der Waals surface area contributed by atoms with Crippen LogP contribution in [0.5, 0.6) is 5.75 Å². The number of aliphatic carboxylic acids is 1. The number of para-hydroxylation sites is 1. The van der Waals surface area contributed by atoms with Crippen LogP contribution in [0.4, 0.5) is 0 Å². The van der Waals surface area contributed by atoms with Crippen LogP contribution < -0.4 is 4.74 Å².